The van der Waals surface area contributed by atoms with E-state index < -0.39 is 0 Å². The van der Waals surface area contributed by atoms with Crippen LogP contribution < -0.4 is 15.2 Å². The quantitative estimate of drug-likeness (QED) is 0.463. The van der Waals surface area contributed by atoms with Gasteiger partial charge in [-0.05, 0) is 36.5 Å². The smallest absolute Gasteiger partial charge is 0.191 e. The second-order valence-corrected chi connectivity index (χ2v) is 5.56. The Hall–Kier alpha value is -1.18. The van der Waals surface area contributed by atoms with Crippen molar-refractivity contribution < 1.29 is 9.47 Å². The number of rotatable bonds is 4. The molecule has 0 radical (unpaired) electrons. The van der Waals surface area contributed by atoms with Crippen molar-refractivity contribution >= 4 is 29.9 Å². The zero-order chi connectivity index (χ0) is 15.2. The van der Waals surface area contributed by atoms with Crippen molar-refractivity contribution in [1.29, 1.82) is 0 Å². The van der Waals surface area contributed by atoms with Gasteiger partial charge in [-0.1, -0.05) is 13.0 Å². The average molecular weight is 419 g/mol. The Kier molecular flexibility index (Phi) is 7.78. The Morgan fingerprint density at radius 2 is 2.05 bits per heavy atom. The van der Waals surface area contributed by atoms with Crippen LogP contribution in [0.15, 0.2) is 23.2 Å². The molecule has 22 heavy (non-hydrogen) atoms. The third-order valence-corrected chi connectivity index (χ3v) is 3.85. The van der Waals surface area contributed by atoms with E-state index in [1.165, 1.54) is 12.8 Å². The summed E-state index contributed by atoms with van der Waals surface area (Å²) in [6.45, 7) is 4.82. The van der Waals surface area contributed by atoms with Crippen molar-refractivity contribution in [1.82, 2.24) is 4.90 Å². The van der Waals surface area contributed by atoms with Gasteiger partial charge in [0.2, 0.25) is 0 Å². The molecule has 1 aliphatic heterocycles. The van der Waals surface area contributed by atoms with Gasteiger partial charge in [-0.25, -0.2) is 4.99 Å². The van der Waals surface area contributed by atoms with Crippen molar-refractivity contribution in [2.24, 2.45) is 16.6 Å². The highest BCUT2D eigenvalue weighted by Crippen LogP contribution is 2.27. The number of methoxy groups -OCH3 is 2. The third kappa shape index (κ3) is 4.93. The maximum absolute atomic E-state index is 6.11. The van der Waals surface area contributed by atoms with Crippen LogP contribution in [-0.2, 0) is 6.54 Å². The highest BCUT2D eigenvalue weighted by molar-refractivity contribution is 14.0. The normalized spacial score (nSPS) is 18.6. The van der Waals surface area contributed by atoms with Crippen LogP contribution in [0.1, 0.15) is 25.3 Å². The van der Waals surface area contributed by atoms with Gasteiger partial charge < -0.3 is 20.1 Å². The van der Waals surface area contributed by atoms with Crippen molar-refractivity contribution in [3.63, 3.8) is 0 Å². The topological polar surface area (TPSA) is 60.1 Å². The molecule has 2 N–H and O–H groups in total. The maximum atomic E-state index is 6.11. The molecule has 0 amide bonds. The number of hydrogen-bond acceptors (Lipinski definition) is 3. The molecule has 1 fully saturated rings. The molecular weight excluding hydrogens is 393 g/mol. The van der Waals surface area contributed by atoms with Gasteiger partial charge in [-0.15, -0.1) is 24.0 Å². The largest absolute Gasteiger partial charge is 0.493 e. The Balaban J connectivity index is 0.00000242. The van der Waals surface area contributed by atoms with Crippen LogP contribution in [0.2, 0.25) is 0 Å². The lowest BCUT2D eigenvalue weighted by Gasteiger charge is -2.31. The molecule has 2 rings (SSSR count). The van der Waals surface area contributed by atoms with E-state index in [-0.39, 0.29) is 24.0 Å². The minimum Gasteiger partial charge on any atom is -0.493 e. The fraction of sp³-hybridized carbons (Fsp3) is 0.562. The predicted octanol–water partition coefficient (Wildman–Crippen LogP) is 2.87. The molecule has 1 saturated heterocycles. The molecule has 0 aromatic heterocycles. The summed E-state index contributed by atoms with van der Waals surface area (Å²) >= 11 is 0. The minimum absolute atomic E-state index is 0. The lowest BCUT2D eigenvalue weighted by Crippen LogP contribution is -2.43. The number of nitrogens with two attached hydrogens (primary N) is 1. The first-order chi connectivity index (χ1) is 10.1. The van der Waals surface area contributed by atoms with Gasteiger partial charge in [-0.2, -0.15) is 0 Å². The summed E-state index contributed by atoms with van der Waals surface area (Å²) in [4.78, 5) is 6.68. The summed E-state index contributed by atoms with van der Waals surface area (Å²) in [6, 6.07) is 5.81. The summed E-state index contributed by atoms with van der Waals surface area (Å²) in [7, 11) is 3.26. The van der Waals surface area contributed by atoms with Crippen molar-refractivity contribution in [2.45, 2.75) is 26.3 Å². The molecule has 1 aliphatic rings. The van der Waals surface area contributed by atoms with Crippen LogP contribution in [0.25, 0.3) is 0 Å². The minimum atomic E-state index is 0. The van der Waals surface area contributed by atoms with E-state index in [4.69, 9.17) is 15.2 Å². The summed E-state index contributed by atoms with van der Waals surface area (Å²) in [5.41, 5.74) is 7.16. The monoisotopic (exact) mass is 419 g/mol. The van der Waals surface area contributed by atoms with Crippen LogP contribution in [0.5, 0.6) is 11.5 Å². The van der Waals surface area contributed by atoms with E-state index in [9.17, 15) is 0 Å². The molecule has 1 aromatic rings. The van der Waals surface area contributed by atoms with Crippen LogP contribution in [0.3, 0.4) is 0 Å². The molecule has 1 unspecified atom stereocenters. The Morgan fingerprint density at radius 1 is 1.32 bits per heavy atom. The van der Waals surface area contributed by atoms with Gasteiger partial charge in [0.15, 0.2) is 17.5 Å². The maximum Gasteiger partial charge on any atom is 0.191 e. The number of piperidine rings is 1. The van der Waals surface area contributed by atoms with Crippen molar-refractivity contribution in [2.75, 3.05) is 27.3 Å². The molecule has 0 bridgehead atoms. The summed E-state index contributed by atoms with van der Waals surface area (Å²) in [5.74, 6) is 2.77. The number of halogens is 1. The standard InChI is InChI=1S/C16H25N3O2.HI/c1-12-5-4-8-19(11-12)16(17)18-10-13-6-7-14(20-2)15(9-13)21-3;/h6-7,9,12H,4-5,8,10-11H2,1-3H3,(H2,17,18);1H. The van der Waals surface area contributed by atoms with E-state index in [0.717, 1.165) is 30.2 Å². The number of benzene rings is 1. The highest BCUT2D eigenvalue weighted by atomic mass is 127. The van der Waals surface area contributed by atoms with E-state index in [2.05, 4.69) is 16.8 Å². The van der Waals surface area contributed by atoms with Gasteiger partial charge >= 0.3 is 0 Å². The van der Waals surface area contributed by atoms with Gasteiger partial charge in [0.05, 0.1) is 20.8 Å². The SMILES string of the molecule is COc1ccc(CN=C(N)N2CCCC(C)C2)cc1OC.I. The molecule has 1 aromatic carbocycles. The van der Waals surface area contributed by atoms with Crippen LogP contribution in [0.4, 0.5) is 0 Å². The number of guanidine groups is 1. The number of nitrogens with zero attached hydrogens (tertiary/aromatic N) is 2. The Morgan fingerprint density at radius 3 is 2.68 bits per heavy atom. The lowest BCUT2D eigenvalue weighted by atomic mass is 10.0. The zero-order valence-corrected chi connectivity index (χ0v) is 15.9. The van der Waals surface area contributed by atoms with E-state index >= 15 is 0 Å². The van der Waals surface area contributed by atoms with E-state index in [1.807, 2.05) is 18.2 Å². The molecule has 5 nitrogen and oxygen atoms in total. The predicted molar refractivity (Wildman–Crippen MR) is 100 cm³/mol. The number of ether oxygens (including phenoxy) is 2. The fourth-order valence-electron chi connectivity index (χ4n) is 2.65. The zero-order valence-electron chi connectivity index (χ0n) is 13.5. The van der Waals surface area contributed by atoms with Crippen molar-refractivity contribution in [3.8, 4) is 11.5 Å². The highest BCUT2D eigenvalue weighted by Gasteiger charge is 2.17. The summed E-state index contributed by atoms with van der Waals surface area (Å²) < 4.78 is 10.5. The number of hydrogen-bond donors (Lipinski definition) is 1. The van der Waals surface area contributed by atoms with Crippen LogP contribution in [0, 0.1) is 5.92 Å². The van der Waals surface area contributed by atoms with Crippen LogP contribution in [-0.4, -0.2) is 38.2 Å². The second-order valence-electron chi connectivity index (χ2n) is 5.56. The molecule has 6 heteroatoms. The summed E-state index contributed by atoms with van der Waals surface area (Å²) in [5, 5.41) is 0. The van der Waals surface area contributed by atoms with Gasteiger partial charge in [0.1, 0.15) is 0 Å². The number of likely N-dealkylation sites (tertiary alicyclic amines) is 1. The average Bonchev–Trinajstić information content (AvgIpc) is 2.52. The third-order valence-electron chi connectivity index (χ3n) is 3.85. The van der Waals surface area contributed by atoms with E-state index in [1.54, 1.807) is 14.2 Å². The van der Waals surface area contributed by atoms with E-state index in [0.29, 0.717) is 18.4 Å². The first kappa shape index (κ1) is 18.9. The van der Waals surface area contributed by atoms with Crippen LogP contribution >= 0.6 is 24.0 Å². The molecule has 1 heterocycles. The molecule has 1 atom stereocenters. The second kappa shape index (κ2) is 9.07. The molecule has 124 valence electrons. The van der Waals surface area contributed by atoms with Gasteiger partial charge in [0.25, 0.3) is 0 Å². The Bertz CT molecular complexity index is 508. The number of aliphatic imine (C=N–C) groups is 1. The first-order valence-corrected chi connectivity index (χ1v) is 7.39. The van der Waals surface area contributed by atoms with Gasteiger partial charge in [-0.3, -0.25) is 0 Å². The van der Waals surface area contributed by atoms with Crippen molar-refractivity contribution in [3.05, 3.63) is 23.8 Å². The fourth-order valence-corrected chi connectivity index (χ4v) is 2.65. The molecular formula is C16H26IN3O2. The molecule has 0 spiro atoms. The molecule has 0 aliphatic carbocycles. The Labute approximate surface area is 149 Å². The summed E-state index contributed by atoms with van der Waals surface area (Å²) in [6.07, 6.45) is 2.47. The lowest BCUT2D eigenvalue weighted by molar-refractivity contribution is 0.270. The first-order valence-electron chi connectivity index (χ1n) is 7.39. The van der Waals surface area contributed by atoms with Gasteiger partial charge in [0, 0.05) is 13.1 Å². The molecule has 0 saturated carbocycles.